The standard InChI is InChI=1S/C21H29N5O4S/c1-14-16(15(2)30-23-14)12-24-9-5-21(6-10-24)7-11-26-19(27)17-13-25(31(3,28)29)8-4-18(17)22-20(21)26/h4-13H2,1-3H3. The molecule has 9 nitrogen and oxygen atoms in total. The predicted octanol–water partition coefficient (Wildman–Crippen LogP) is 1.10. The van der Waals surface area contributed by atoms with Crippen LogP contribution in [0, 0.1) is 13.8 Å². The Morgan fingerprint density at radius 1 is 1.10 bits per heavy atom. The van der Waals surface area contributed by atoms with Crippen LogP contribution >= 0.6 is 0 Å². The van der Waals surface area contributed by atoms with Gasteiger partial charge in [-0.3, -0.25) is 14.3 Å². The molecule has 3 aliphatic rings. The Labute approximate surface area is 182 Å². The SMILES string of the molecule is Cc1noc(C)c1CN1CCC2(CC1)CCn1c2nc2c(c1=O)CN(S(C)(=O)=O)CC2. The first-order valence-corrected chi connectivity index (χ1v) is 12.8. The maximum absolute atomic E-state index is 13.2. The van der Waals surface area contributed by atoms with Gasteiger partial charge in [0.2, 0.25) is 10.0 Å². The van der Waals surface area contributed by atoms with E-state index in [1.165, 1.54) is 16.1 Å². The molecule has 10 heteroatoms. The van der Waals surface area contributed by atoms with Crippen LogP contribution in [0.2, 0.25) is 0 Å². The molecule has 0 bridgehead atoms. The number of aromatic nitrogens is 3. The lowest BCUT2D eigenvalue weighted by atomic mass is 9.76. The van der Waals surface area contributed by atoms with Gasteiger partial charge in [-0.15, -0.1) is 0 Å². The third-order valence-corrected chi connectivity index (χ3v) is 8.66. The Morgan fingerprint density at radius 2 is 1.81 bits per heavy atom. The van der Waals surface area contributed by atoms with Gasteiger partial charge in [0, 0.05) is 43.6 Å². The van der Waals surface area contributed by atoms with Crippen LogP contribution in [-0.4, -0.2) is 58.2 Å². The van der Waals surface area contributed by atoms with Crippen LogP contribution in [-0.2, 0) is 41.5 Å². The minimum Gasteiger partial charge on any atom is -0.361 e. The quantitative estimate of drug-likeness (QED) is 0.694. The molecule has 2 aromatic heterocycles. The van der Waals surface area contributed by atoms with Crippen molar-refractivity contribution in [3.8, 4) is 0 Å². The van der Waals surface area contributed by atoms with Gasteiger partial charge in [-0.25, -0.2) is 13.4 Å². The summed E-state index contributed by atoms with van der Waals surface area (Å²) in [5.74, 6) is 1.80. The van der Waals surface area contributed by atoms with Crippen molar-refractivity contribution in [1.29, 1.82) is 0 Å². The van der Waals surface area contributed by atoms with E-state index in [0.717, 1.165) is 61.9 Å². The molecule has 0 saturated carbocycles. The van der Waals surface area contributed by atoms with Crippen LogP contribution in [0.15, 0.2) is 9.32 Å². The van der Waals surface area contributed by atoms with Gasteiger partial charge in [0.15, 0.2) is 0 Å². The summed E-state index contributed by atoms with van der Waals surface area (Å²) >= 11 is 0. The maximum atomic E-state index is 13.2. The van der Waals surface area contributed by atoms with E-state index in [9.17, 15) is 13.2 Å². The highest BCUT2D eigenvalue weighted by Gasteiger charge is 2.44. The van der Waals surface area contributed by atoms with Gasteiger partial charge >= 0.3 is 0 Å². The number of rotatable bonds is 3. The van der Waals surface area contributed by atoms with Crippen LogP contribution in [0.3, 0.4) is 0 Å². The summed E-state index contributed by atoms with van der Waals surface area (Å²) < 4.78 is 32.4. The zero-order chi connectivity index (χ0) is 22.0. The van der Waals surface area contributed by atoms with Gasteiger partial charge in [-0.1, -0.05) is 5.16 Å². The number of hydrogen-bond donors (Lipinski definition) is 0. The van der Waals surface area contributed by atoms with Gasteiger partial charge in [-0.05, 0) is 46.2 Å². The normalized spacial score (nSPS) is 21.4. The summed E-state index contributed by atoms with van der Waals surface area (Å²) in [7, 11) is -3.32. The van der Waals surface area contributed by atoms with E-state index in [4.69, 9.17) is 9.51 Å². The Morgan fingerprint density at radius 3 is 2.45 bits per heavy atom. The number of piperidine rings is 1. The number of sulfonamides is 1. The summed E-state index contributed by atoms with van der Waals surface area (Å²) in [6.07, 6.45) is 4.56. The van der Waals surface area contributed by atoms with Gasteiger partial charge < -0.3 is 4.52 Å². The maximum Gasteiger partial charge on any atom is 0.258 e. The van der Waals surface area contributed by atoms with Crippen molar-refractivity contribution in [3.05, 3.63) is 44.5 Å². The molecule has 0 aromatic carbocycles. The molecule has 1 saturated heterocycles. The predicted molar refractivity (Wildman–Crippen MR) is 114 cm³/mol. The lowest BCUT2D eigenvalue weighted by Crippen LogP contribution is -2.44. The van der Waals surface area contributed by atoms with E-state index in [-0.39, 0.29) is 17.5 Å². The van der Waals surface area contributed by atoms with Crippen LogP contribution < -0.4 is 5.56 Å². The number of nitrogens with zero attached hydrogens (tertiary/aromatic N) is 5. The van der Waals surface area contributed by atoms with E-state index in [1.807, 2.05) is 18.4 Å². The van der Waals surface area contributed by atoms with E-state index < -0.39 is 10.0 Å². The molecular weight excluding hydrogens is 418 g/mol. The molecule has 2 aromatic rings. The fourth-order valence-corrected chi connectivity index (χ4v) is 6.17. The topological polar surface area (TPSA) is 102 Å². The van der Waals surface area contributed by atoms with Crippen molar-refractivity contribution in [2.45, 2.75) is 64.6 Å². The molecule has 31 heavy (non-hydrogen) atoms. The van der Waals surface area contributed by atoms with Crippen LogP contribution in [0.5, 0.6) is 0 Å². The summed E-state index contributed by atoms with van der Waals surface area (Å²) in [6, 6.07) is 0. The lowest BCUT2D eigenvalue weighted by Gasteiger charge is -2.39. The van der Waals surface area contributed by atoms with Gasteiger partial charge in [0.05, 0.1) is 23.2 Å². The van der Waals surface area contributed by atoms with Crippen molar-refractivity contribution in [3.63, 3.8) is 0 Å². The number of fused-ring (bicyclic) bond motifs is 3. The number of aryl methyl sites for hydroxylation is 2. The molecule has 1 fully saturated rings. The number of hydrogen-bond acceptors (Lipinski definition) is 7. The van der Waals surface area contributed by atoms with Gasteiger partial charge in [0.1, 0.15) is 11.6 Å². The van der Waals surface area contributed by atoms with Crippen LogP contribution in [0.25, 0.3) is 0 Å². The lowest BCUT2D eigenvalue weighted by molar-refractivity contribution is 0.149. The third kappa shape index (κ3) is 3.44. The second kappa shape index (κ2) is 7.25. The Kier molecular flexibility index (Phi) is 4.87. The highest BCUT2D eigenvalue weighted by molar-refractivity contribution is 7.88. The zero-order valence-electron chi connectivity index (χ0n) is 18.3. The van der Waals surface area contributed by atoms with E-state index in [1.54, 1.807) is 0 Å². The first-order chi connectivity index (χ1) is 14.7. The van der Waals surface area contributed by atoms with Crippen molar-refractivity contribution >= 4 is 10.0 Å². The molecule has 168 valence electrons. The Hall–Kier alpha value is -2.04. The summed E-state index contributed by atoms with van der Waals surface area (Å²) in [4.78, 5) is 20.6. The molecule has 0 aliphatic carbocycles. The fourth-order valence-electron chi connectivity index (χ4n) is 5.39. The highest BCUT2D eigenvalue weighted by Crippen LogP contribution is 2.42. The minimum atomic E-state index is -3.32. The first-order valence-electron chi connectivity index (χ1n) is 10.9. The zero-order valence-corrected chi connectivity index (χ0v) is 19.2. The molecule has 0 radical (unpaired) electrons. The first kappa shape index (κ1) is 20.8. The molecule has 0 N–H and O–H groups in total. The van der Waals surface area contributed by atoms with E-state index >= 15 is 0 Å². The molecule has 3 aliphatic heterocycles. The monoisotopic (exact) mass is 447 g/mol. The summed E-state index contributed by atoms with van der Waals surface area (Å²) in [5, 5.41) is 4.06. The van der Waals surface area contributed by atoms with Crippen LogP contribution in [0.1, 0.15) is 53.4 Å². The van der Waals surface area contributed by atoms with E-state index in [0.29, 0.717) is 25.1 Å². The van der Waals surface area contributed by atoms with Crippen LogP contribution in [0.4, 0.5) is 0 Å². The summed E-state index contributed by atoms with van der Waals surface area (Å²) in [6.45, 7) is 7.85. The Bertz CT molecular complexity index is 1170. The van der Waals surface area contributed by atoms with Crippen molar-refractivity contribution in [2.75, 3.05) is 25.9 Å². The average Bonchev–Trinajstić information content (AvgIpc) is 3.24. The smallest absolute Gasteiger partial charge is 0.258 e. The molecule has 0 unspecified atom stereocenters. The van der Waals surface area contributed by atoms with E-state index in [2.05, 4.69) is 10.1 Å². The second-order valence-corrected chi connectivity index (χ2v) is 11.3. The van der Waals surface area contributed by atoms with Gasteiger partial charge in [-0.2, -0.15) is 4.31 Å². The molecule has 5 rings (SSSR count). The molecule has 5 heterocycles. The fraction of sp³-hybridized carbons (Fsp3) is 0.667. The number of likely N-dealkylation sites (tertiary alicyclic amines) is 1. The second-order valence-electron chi connectivity index (χ2n) is 9.27. The minimum absolute atomic E-state index is 0.0524. The van der Waals surface area contributed by atoms with Crippen molar-refractivity contribution < 1.29 is 12.9 Å². The highest BCUT2D eigenvalue weighted by atomic mass is 32.2. The Balaban J connectivity index is 1.38. The average molecular weight is 448 g/mol. The third-order valence-electron chi connectivity index (χ3n) is 7.41. The molecular formula is C21H29N5O4S. The largest absolute Gasteiger partial charge is 0.361 e. The molecule has 1 spiro atoms. The molecule has 0 amide bonds. The van der Waals surface area contributed by atoms with Gasteiger partial charge in [0.25, 0.3) is 5.56 Å². The molecule has 0 atom stereocenters. The van der Waals surface area contributed by atoms with Crippen molar-refractivity contribution in [2.24, 2.45) is 0 Å². The summed E-state index contributed by atoms with van der Waals surface area (Å²) in [5.41, 5.74) is 3.35. The van der Waals surface area contributed by atoms with Crippen molar-refractivity contribution in [1.82, 2.24) is 23.9 Å².